The minimum Gasteiger partial charge on any atom is -0.398 e. The van der Waals surface area contributed by atoms with E-state index in [1.807, 2.05) is 0 Å². The number of anilines is 1. The van der Waals surface area contributed by atoms with Crippen LogP contribution in [0.5, 0.6) is 0 Å². The number of amides is 1. The molecular formula is C13H13ClF3N5O3. The smallest absolute Gasteiger partial charge is 0.398 e. The van der Waals surface area contributed by atoms with E-state index in [2.05, 4.69) is 30.8 Å². The maximum absolute atomic E-state index is 12.6. The summed E-state index contributed by atoms with van der Waals surface area (Å²) in [4.78, 5) is 24.8. The Morgan fingerprint density at radius 1 is 1.60 bits per heavy atom. The van der Waals surface area contributed by atoms with Crippen LogP contribution in [0.2, 0.25) is 5.02 Å². The average molecular weight is 380 g/mol. The lowest BCUT2D eigenvalue weighted by Crippen LogP contribution is -2.31. The number of hydrogen-bond acceptors (Lipinski definition) is 7. The summed E-state index contributed by atoms with van der Waals surface area (Å²) in [5.74, 6) is -0.433. The van der Waals surface area contributed by atoms with Crippen molar-refractivity contribution in [3.05, 3.63) is 22.8 Å². The number of carbonyl (C=O) groups is 1. The van der Waals surface area contributed by atoms with E-state index in [1.165, 1.54) is 7.11 Å². The van der Waals surface area contributed by atoms with Crippen molar-refractivity contribution in [1.29, 1.82) is 0 Å². The zero-order valence-electron chi connectivity index (χ0n) is 12.8. The molecular weight excluding hydrogens is 367 g/mol. The Morgan fingerprint density at radius 2 is 2.36 bits per heavy atom. The molecule has 0 unspecified atom stereocenters. The number of carbonyl (C=O) groups excluding carboxylic acids is 1. The molecule has 25 heavy (non-hydrogen) atoms. The zero-order chi connectivity index (χ0) is 18.4. The Bertz CT molecular complexity index is 696. The number of alkyl halides is 3. The molecule has 1 aliphatic heterocycles. The molecule has 0 aliphatic carbocycles. The van der Waals surface area contributed by atoms with Gasteiger partial charge in [-0.25, -0.2) is 4.98 Å². The lowest BCUT2D eigenvalue weighted by molar-refractivity contribution is -0.137. The first-order valence-electron chi connectivity index (χ1n) is 6.86. The number of halogens is 4. The molecule has 0 saturated carbocycles. The van der Waals surface area contributed by atoms with Gasteiger partial charge in [-0.3, -0.25) is 4.79 Å². The summed E-state index contributed by atoms with van der Waals surface area (Å²) in [6.45, 7) is 0.143. The van der Waals surface area contributed by atoms with Crippen molar-refractivity contribution in [2.24, 2.45) is 10.3 Å². The number of aromatic nitrogens is 1. The fourth-order valence-corrected chi connectivity index (χ4v) is 2.06. The second-order valence-corrected chi connectivity index (χ2v) is 5.20. The van der Waals surface area contributed by atoms with Crippen LogP contribution in [0.15, 0.2) is 22.6 Å². The van der Waals surface area contributed by atoms with E-state index in [0.29, 0.717) is 6.20 Å². The minimum absolute atomic E-state index is 0.0726. The van der Waals surface area contributed by atoms with E-state index >= 15 is 0 Å². The van der Waals surface area contributed by atoms with Crippen LogP contribution in [0.1, 0.15) is 12.0 Å². The molecule has 2 N–H and O–H groups in total. The van der Waals surface area contributed by atoms with Crippen LogP contribution in [-0.2, 0) is 20.6 Å². The van der Waals surface area contributed by atoms with Crippen molar-refractivity contribution in [2.45, 2.75) is 18.7 Å². The third-order valence-electron chi connectivity index (χ3n) is 3.01. The fourth-order valence-electron chi connectivity index (χ4n) is 1.83. The van der Waals surface area contributed by atoms with Gasteiger partial charge >= 0.3 is 6.18 Å². The molecule has 0 saturated heterocycles. The second-order valence-electron chi connectivity index (χ2n) is 4.79. The summed E-state index contributed by atoms with van der Waals surface area (Å²) in [5.41, 5.74) is -0.805. The SMILES string of the molecule is CO/N=C\NC(=O)C1=NO[C@@H](CNc2ncc(C(F)(F)F)cc2Cl)C1. The maximum Gasteiger partial charge on any atom is 0.417 e. The summed E-state index contributed by atoms with van der Waals surface area (Å²) < 4.78 is 37.7. The van der Waals surface area contributed by atoms with Crippen molar-refractivity contribution >= 4 is 35.4 Å². The largest absolute Gasteiger partial charge is 0.417 e. The number of hydrogen-bond donors (Lipinski definition) is 2. The summed E-state index contributed by atoms with van der Waals surface area (Å²) in [6.07, 6.45) is -3.10. The van der Waals surface area contributed by atoms with Gasteiger partial charge < -0.3 is 20.3 Å². The van der Waals surface area contributed by atoms with Crippen LogP contribution in [0.3, 0.4) is 0 Å². The molecule has 136 valence electrons. The molecule has 8 nitrogen and oxygen atoms in total. The molecule has 12 heteroatoms. The normalized spacial score (nSPS) is 17.2. The van der Waals surface area contributed by atoms with Crippen molar-refractivity contribution in [1.82, 2.24) is 10.3 Å². The van der Waals surface area contributed by atoms with Gasteiger partial charge in [-0.05, 0) is 6.07 Å². The van der Waals surface area contributed by atoms with Gasteiger partial charge in [-0.15, -0.1) is 0 Å². The Labute approximate surface area is 145 Å². The zero-order valence-corrected chi connectivity index (χ0v) is 13.6. The average Bonchev–Trinajstić information content (AvgIpc) is 3.02. The quantitative estimate of drug-likeness (QED) is 0.448. The van der Waals surface area contributed by atoms with Gasteiger partial charge in [0.2, 0.25) is 0 Å². The third-order valence-corrected chi connectivity index (χ3v) is 3.30. The number of pyridine rings is 1. The number of oxime groups is 2. The molecule has 0 radical (unpaired) electrons. The maximum atomic E-state index is 12.6. The molecule has 0 bridgehead atoms. The van der Waals surface area contributed by atoms with Crippen molar-refractivity contribution < 1.29 is 27.6 Å². The lowest BCUT2D eigenvalue weighted by atomic mass is 10.1. The highest BCUT2D eigenvalue weighted by molar-refractivity contribution is 6.40. The van der Waals surface area contributed by atoms with E-state index in [1.54, 1.807) is 0 Å². The van der Waals surface area contributed by atoms with Gasteiger partial charge in [0.15, 0.2) is 6.10 Å². The van der Waals surface area contributed by atoms with Crippen LogP contribution in [0.4, 0.5) is 19.0 Å². The standard InChI is InChI=1S/C13H13ClF3N5O3/c1-24-21-6-20-12(23)10-3-8(25-22-10)5-19-11-9(14)2-7(4-18-11)13(15,16)17/h2,4,6,8H,3,5H2,1H3,(H,18,19)(H,20,21,23)/t8-/m1/s1. The molecule has 0 aromatic carbocycles. The van der Waals surface area contributed by atoms with Crippen molar-refractivity contribution in [3.63, 3.8) is 0 Å². The van der Waals surface area contributed by atoms with Gasteiger partial charge in [-0.1, -0.05) is 21.9 Å². The predicted molar refractivity (Wildman–Crippen MR) is 83.3 cm³/mol. The molecule has 2 heterocycles. The molecule has 1 aromatic rings. The van der Waals surface area contributed by atoms with E-state index < -0.39 is 23.8 Å². The molecule has 1 atom stereocenters. The van der Waals surface area contributed by atoms with Crippen LogP contribution in [0.25, 0.3) is 0 Å². The highest BCUT2D eigenvalue weighted by atomic mass is 35.5. The van der Waals surface area contributed by atoms with Gasteiger partial charge in [0.1, 0.15) is 25.0 Å². The van der Waals surface area contributed by atoms with Crippen LogP contribution >= 0.6 is 11.6 Å². The van der Waals surface area contributed by atoms with Gasteiger partial charge in [0.25, 0.3) is 5.91 Å². The highest BCUT2D eigenvalue weighted by Gasteiger charge is 2.32. The summed E-state index contributed by atoms with van der Waals surface area (Å²) >= 11 is 5.79. The highest BCUT2D eigenvalue weighted by Crippen LogP contribution is 2.32. The van der Waals surface area contributed by atoms with Gasteiger partial charge in [0.05, 0.1) is 17.1 Å². The van der Waals surface area contributed by atoms with E-state index in [9.17, 15) is 18.0 Å². The monoisotopic (exact) mass is 379 g/mol. The first-order valence-corrected chi connectivity index (χ1v) is 7.24. The Kier molecular flexibility index (Phi) is 6.02. The topological polar surface area (TPSA) is 97.2 Å². The first-order chi connectivity index (χ1) is 11.8. The van der Waals surface area contributed by atoms with Crippen LogP contribution < -0.4 is 10.6 Å². The lowest BCUT2D eigenvalue weighted by Gasteiger charge is -2.13. The van der Waals surface area contributed by atoms with Gasteiger partial charge in [-0.2, -0.15) is 13.2 Å². The Balaban J connectivity index is 1.85. The molecule has 1 aromatic heterocycles. The number of nitrogens with zero attached hydrogens (tertiary/aromatic N) is 3. The van der Waals surface area contributed by atoms with Gasteiger partial charge in [0, 0.05) is 12.6 Å². The summed E-state index contributed by atoms with van der Waals surface area (Å²) in [6, 6.07) is 0.775. The Hall–Kier alpha value is -2.56. The molecule has 2 rings (SSSR count). The molecule has 0 spiro atoms. The second kappa shape index (κ2) is 8.01. The van der Waals surface area contributed by atoms with E-state index in [0.717, 1.165) is 12.4 Å². The van der Waals surface area contributed by atoms with Crippen molar-refractivity contribution in [3.8, 4) is 0 Å². The molecule has 1 amide bonds. The summed E-state index contributed by atoms with van der Waals surface area (Å²) in [7, 11) is 1.32. The van der Waals surface area contributed by atoms with E-state index in [4.69, 9.17) is 16.4 Å². The number of nitrogens with one attached hydrogen (secondary N) is 2. The Morgan fingerprint density at radius 3 is 3.00 bits per heavy atom. The third kappa shape index (κ3) is 5.21. The fraction of sp³-hybridized carbons (Fsp3) is 0.385. The first kappa shape index (κ1) is 18.8. The minimum atomic E-state index is -4.52. The molecule has 0 fully saturated rings. The number of rotatable bonds is 6. The van der Waals surface area contributed by atoms with Crippen LogP contribution in [-0.4, -0.2) is 42.7 Å². The predicted octanol–water partition coefficient (Wildman–Crippen LogP) is 2.02. The van der Waals surface area contributed by atoms with E-state index in [-0.39, 0.29) is 29.5 Å². The van der Waals surface area contributed by atoms with Crippen LogP contribution in [0, 0.1) is 0 Å². The summed E-state index contributed by atoms with van der Waals surface area (Å²) in [5, 5.41) is 11.9. The molecule has 1 aliphatic rings. The van der Waals surface area contributed by atoms with Crippen molar-refractivity contribution in [2.75, 3.05) is 19.0 Å².